The lowest BCUT2D eigenvalue weighted by Gasteiger charge is -2.19. The molecule has 2 aromatic rings. The summed E-state index contributed by atoms with van der Waals surface area (Å²) >= 11 is 0. The van der Waals surface area contributed by atoms with E-state index < -0.39 is 0 Å². The Balaban J connectivity index is 2.02. The van der Waals surface area contributed by atoms with Crippen molar-refractivity contribution >= 4 is 16.7 Å². The molecule has 3 heteroatoms. The highest BCUT2D eigenvalue weighted by Crippen LogP contribution is 2.23. The molecule has 1 amide bonds. The van der Waals surface area contributed by atoms with Crippen molar-refractivity contribution in [3.8, 4) is 0 Å². The lowest BCUT2D eigenvalue weighted by molar-refractivity contribution is -0.121. The molecule has 3 nitrogen and oxygen atoms in total. The summed E-state index contributed by atoms with van der Waals surface area (Å²) in [7, 11) is 0. The average Bonchev–Trinajstić information content (AvgIpc) is 2.55. The first-order valence-electron chi connectivity index (χ1n) is 8.16. The summed E-state index contributed by atoms with van der Waals surface area (Å²) in [5.74, 6) is 0.0485. The number of amides is 1. The summed E-state index contributed by atoms with van der Waals surface area (Å²) < 4.78 is 0. The van der Waals surface area contributed by atoms with Crippen molar-refractivity contribution in [3.05, 3.63) is 48.0 Å². The monoisotopic (exact) mass is 298 g/mol. The minimum Gasteiger partial charge on any atom is -0.348 e. The largest absolute Gasteiger partial charge is 0.348 e. The van der Waals surface area contributed by atoms with Crippen LogP contribution in [-0.2, 0) is 4.79 Å². The Morgan fingerprint density at radius 2 is 1.73 bits per heavy atom. The van der Waals surface area contributed by atoms with Crippen molar-refractivity contribution in [3.63, 3.8) is 0 Å². The molecule has 0 spiro atoms. The molecule has 0 aliphatic carbocycles. The Kier molecular flexibility index (Phi) is 5.96. The van der Waals surface area contributed by atoms with Crippen LogP contribution in [-0.4, -0.2) is 18.5 Å². The van der Waals surface area contributed by atoms with Gasteiger partial charge in [0.1, 0.15) is 0 Å². The first-order chi connectivity index (χ1) is 10.7. The second kappa shape index (κ2) is 7.95. The second-order valence-electron chi connectivity index (χ2n) is 5.75. The zero-order chi connectivity index (χ0) is 15.9. The van der Waals surface area contributed by atoms with Crippen molar-refractivity contribution in [2.75, 3.05) is 6.54 Å². The van der Waals surface area contributed by atoms with E-state index in [1.807, 2.05) is 25.1 Å². The van der Waals surface area contributed by atoms with Crippen LogP contribution < -0.4 is 10.6 Å². The van der Waals surface area contributed by atoms with Gasteiger partial charge in [0, 0.05) is 6.04 Å². The smallest absolute Gasteiger partial charge is 0.234 e. The van der Waals surface area contributed by atoms with Crippen LogP contribution in [0.15, 0.2) is 42.5 Å². The lowest BCUT2D eigenvalue weighted by Crippen LogP contribution is -2.39. The predicted octanol–water partition coefficient (Wildman–Crippen LogP) is 3.80. The van der Waals surface area contributed by atoms with E-state index in [2.05, 4.69) is 48.7 Å². The van der Waals surface area contributed by atoms with Gasteiger partial charge in [-0.1, -0.05) is 56.3 Å². The van der Waals surface area contributed by atoms with Crippen LogP contribution in [0.4, 0.5) is 0 Å². The maximum Gasteiger partial charge on any atom is 0.234 e. The van der Waals surface area contributed by atoms with Gasteiger partial charge >= 0.3 is 0 Å². The molecule has 0 bridgehead atoms. The van der Waals surface area contributed by atoms with Gasteiger partial charge in [0.25, 0.3) is 0 Å². The Morgan fingerprint density at radius 3 is 2.45 bits per heavy atom. The van der Waals surface area contributed by atoms with Crippen molar-refractivity contribution in [1.29, 1.82) is 0 Å². The zero-order valence-corrected chi connectivity index (χ0v) is 13.7. The maximum absolute atomic E-state index is 12.1. The van der Waals surface area contributed by atoms with Crippen LogP contribution in [0.25, 0.3) is 10.8 Å². The van der Waals surface area contributed by atoms with E-state index in [9.17, 15) is 4.79 Å². The minimum absolute atomic E-state index is 0.00195. The average molecular weight is 298 g/mol. The molecule has 0 saturated carbocycles. The van der Waals surface area contributed by atoms with E-state index in [1.54, 1.807) is 0 Å². The summed E-state index contributed by atoms with van der Waals surface area (Å²) in [5, 5.41) is 8.80. The van der Waals surface area contributed by atoms with E-state index in [0.717, 1.165) is 18.4 Å². The molecular weight excluding hydrogens is 272 g/mol. The molecule has 0 unspecified atom stereocenters. The van der Waals surface area contributed by atoms with Gasteiger partial charge in [0.15, 0.2) is 0 Å². The van der Waals surface area contributed by atoms with Gasteiger partial charge in [-0.05, 0) is 36.1 Å². The number of fused-ring (bicyclic) bond motifs is 1. The molecule has 2 aromatic carbocycles. The lowest BCUT2D eigenvalue weighted by atomic mass is 10.00. The normalized spacial score (nSPS) is 12.5. The van der Waals surface area contributed by atoms with Crippen LogP contribution in [0.2, 0.25) is 0 Å². The Labute approximate surface area is 133 Å². The van der Waals surface area contributed by atoms with Gasteiger partial charge in [-0.3, -0.25) is 4.79 Å². The molecular formula is C19H26N2O. The summed E-state index contributed by atoms with van der Waals surface area (Å²) in [6.07, 6.45) is 2.09. The molecule has 0 aromatic heterocycles. The van der Waals surface area contributed by atoms with Gasteiger partial charge in [0.05, 0.1) is 12.6 Å². The number of hydrogen-bond donors (Lipinski definition) is 2. The van der Waals surface area contributed by atoms with Crippen LogP contribution >= 0.6 is 0 Å². The van der Waals surface area contributed by atoms with Crippen molar-refractivity contribution in [1.82, 2.24) is 10.6 Å². The maximum atomic E-state index is 12.1. The molecule has 0 heterocycles. The highest BCUT2D eigenvalue weighted by molar-refractivity contribution is 5.87. The molecule has 2 N–H and O–H groups in total. The molecule has 118 valence electrons. The summed E-state index contributed by atoms with van der Waals surface area (Å²) in [6.45, 7) is 6.69. The highest BCUT2D eigenvalue weighted by atomic mass is 16.1. The Hall–Kier alpha value is -1.87. The molecule has 0 fully saturated rings. The topological polar surface area (TPSA) is 41.1 Å². The highest BCUT2D eigenvalue weighted by Gasteiger charge is 2.13. The number of hydrogen-bond acceptors (Lipinski definition) is 2. The van der Waals surface area contributed by atoms with Gasteiger partial charge < -0.3 is 10.6 Å². The number of benzene rings is 2. The van der Waals surface area contributed by atoms with Gasteiger partial charge in [-0.25, -0.2) is 0 Å². The van der Waals surface area contributed by atoms with E-state index in [-0.39, 0.29) is 11.9 Å². The van der Waals surface area contributed by atoms with Gasteiger partial charge in [-0.15, -0.1) is 0 Å². The third-order valence-corrected chi connectivity index (χ3v) is 4.20. The first-order valence-corrected chi connectivity index (χ1v) is 8.16. The summed E-state index contributed by atoms with van der Waals surface area (Å²) in [4.78, 5) is 12.1. The Bertz CT molecular complexity index is 614. The van der Waals surface area contributed by atoms with Crippen molar-refractivity contribution in [2.45, 2.75) is 45.7 Å². The van der Waals surface area contributed by atoms with Gasteiger partial charge in [-0.2, -0.15) is 0 Å². The fraction of sp³-hybridized carbons (Fsp3) is 0.421. The van der Waals surface area contributed by atoms with E-state index >= 15 is 0 Å². The van der Waals surface area contributed by atoms with Crippen molar-refractivity contribution in [2.24, 2.45) is 0 Å². The van der Waals surface area contributed by atoms with Crippen LogP contribution in [0.3, 0.4) is 0 Å². The van der Waals surface area contributed by atoms with E-state index in [4.69, 9.17) is 0 Å². The summed E-state index contributed by atoms with van der Waals surface area (Å²) in [6, 6.07) is 14.9. The SMILES string of the molecule is CCC(CC)NCC(=O)N[C@H](C)c1cccc2ccccc12. The van der Waals surface area contributed by atoms with Crippen molar-refractivity contribution < 1.29 is 4.79 Å². The fourth-order valence-electron chi connectivity index (χ4n) is 2.81. The standard InChI is InChI=1S/C19H26N2O/c1-4-16(5-2)20-13-19(22)21-14(3)17-12-8-10-15-9-6-7-11-18(15)17/h6-12,14,16,20H,4-5,13H2,1-3H3,(H,21,22)/t14-/m1/s1. The third-order valence-electron chi connectivity index (χ3n) is 4.20. The quantitative estimate of drug-likeness (QED) is 0.816. The van der Waals surface area contributed by atoms with Crippen LogP contribution in [0.5, 0.6) is 0 Å². The van der Waals surface area contributed by atoms with Crippen LogP contribution in [0, 0.1) is 0 Å². The number of carbonyl (C=O) groups is 1. The fourth-order valence-corrected chi connectivity index (χ4v) is 2.81. The molecule has 1 atom stereocenters. The number of nitrogens with one attached hydrogen (secondary N) is 2. The third kappa shape index (κ3) is 4.08. The minimum atomic E-state index is 0.00195. The predicted molar refractivity (Wildman–Crippen MR) is 92.9 cm³/mol. The zero-order valence-electron chi connectivity index (χ0n) is 13.7. The molecule has 0 saturated heterocycles. The molecule has 2 rings (SSSR count). The van der Waals surface area contributed by atoms with E-state index in [1.165, 1.54) is 10.8 Å². The van der Waals surface area contributed by atoms with Crippen LogP contribution in [0.1, 0.15) is 45.2 Å². The Morgan fingerprint density at radius 1 is 1.05 bits per heavy atom. The van der Waals surface area contributed by atoms with E-state index in [0.29, 0.717) is 12.6 Å². The molecule has 0 aliphatic rings. The molecule has 0 aliphatic heterocycles. The summed E-state index contributed by atoms with van der Waals surface area (Å²) in [5.41, 5.74) is 1.16. The first kappa shape index (κ1) is 16.5. The molecule has 22 heavy (non-hydrogen) atoms. The molecule has 0 radical (unpaired) electrons. The number of carbonyl (C=O) groups excluding carboxylic acids is 1. The number of rotatable bonds is 7. The second-order valence-corrected chi connectivity index (χ2v) is 5.75. The van der Waals surface area contributed by atoms with Gasteiger partial charge in [0.2, 0.25) is 5.91 Å².